The van der Waals surface area contributed by atoms with Gasteiger partial charge in [-0.05, 0) is 84.3 Å². The van der Waals surface area contributed by atoms with Gasteiger partial charge in [0.1, 0.15) is 24.3 Å². The zero-order valence-corrected chi connectivity index (χ0v) is 34.4. The molecule has 3 aliphatic heterocycles. The number of cyclic esters (lactones) is 1. The van der Waals surface area contributed by atoms with Crippen LogP contribution < -0.4 is 17.0 Å². The van der Waals surface area contributed by atoms with Crippen LogP contribution in [-0.4, -0.2) is 87.4 Å². The smallest absolute Gasteiger partial charge is 0.693 e. The summed E-state index contributed by atoms with van der Waals surface area (Å²) in [5.74, 6) is -6.73. The number of phenolic OH excluding ortho intramolecular Hbond substituents is 1. The molecule has 22 heteroatoms. The number of aliphatic carboxylic acids is 2. The number of aryl methyl sites for hydroxylation is 1. The van der Waals surface area contributed by atoms with E-state index >= 15 is 0 Å². The molecule has 0 spiro atoms. The normalized spacial score (nSPS) is 22.2. The number of carbonyl (C=O) groups excluding carboxylic acids is 1. The van der Waals surface area contributed by atoms with Crippen molar-refractivity contribution in [1.82, 2.24) is 14.1 Å². The first-order valence-corrected chi connectivity index (χ1v) is 17.9. The van der Waals surface area contributed by atoms with Gasteiger partial charge in [-0.25, -0.2) is 9.59 Å². The molecule has 1 saturated heterocycles. The number of hydrogen-bond acceptors (Lipinski definition) is 13. The fourth-order valence-electron chi connectivity index (χ4n) is 7.52. The Morgan fingerprint density at radius 2 is 1.67 bits per heavy atom. The van der Waals surface area contributed by atoms with Crippen LogP contribution in [0.3, 0.4) is 0 Å². The third-order valence-corrected chi connectivity index (χ3v) is 11.0. The summed E-state index contributed by atoms with van der Waals surface area (Å²) in [4.78, 5) is 61.0. The number of benzene rings is 2. The van der Waals surface area contributed by atoms with Gasteiger partial charge >= 0.3 is 50.6 Å². The molecule has 12 N–H and O–H groups in total. The summed E-state index contributed by atoms with van der Waals surface area (Å²) in [6.07, 6.45) is -2.54. The zero-order chi connectivity index (χ0) is 41.8. The number of phenols is 1. The number of carboxylic acid groups (broad SMARTS) is 2. The Morgan fingerprint density at radius 1 is 1.02 bits per heavy atom. The number of pyridine rings is 1. The second-order valence-corrected chi connectivity index (χ2v) is 14.2. The number of esters is 1. The van der Waals surface area contributed by atoms with Gasteiger partial charge in [-0.1, -0.05) is 19.9 Å². The average Bonchev–Trinajstić information content (AvgIpc) is 3.61. The molecule has 60 heavy (non-hydrogen) atoms. The number of hydrogen-bond donors (Lipinski definition) is 7. The van der Waals surface area contributed by atoms with Crippen LogP contribution in [0.4, 0.5) is 14.6 Å². The van der Waals surface area contributed by atoms with Gasteiger partial charge in [0, 0.05) is 17.3 Å². The van der Waals surface area contributed by atoms with Gasteiger partial charge in [0.15, 0.2) is 17.1 Å². The van der Waals surface area contributed by atoms with Crippen molar-refractivity contribution in [2.24, 2.45) is 5.41 Å². The topological polar surface area (TPSA) is 341 Å². The molecule has 2 aromatic heterocycles. The quantitative estimate of drug-likeness (QED) is 0.0947. The van der Waals surface area contributed by atoms with Crippen LogP contribution in [0.15, 0.2) is 52.2 Å². The maximum Gasteiger partial charge on any atom is 2.00 e. The van der Waals surface area contributed by atoms with E-state index in [0.717, 1.165) is 46.1 Å². The monoisotopic (exact) mass is 1030 g/mol. The van der Waals surface area contributed by atoms with E-state index in [1.54, 1.807) is 29.7 Å². The molecule has 4 aliphatic rings. The van der Waals surface area contributed by atoms with Crippen molar-refractivity contribution in [3.8, 4) is 17.0 Å². The number of alkyl halides is 2. The van der Waals surface area contributed by atoms with Gasteiger partial charge in [0.05, 0.1) is 24.4 Å². The summed E-state index contributed by atoms with van der Waals surface area (Å²) in [5.41, 5.74) is 5.18. The van der Waals surface area contributed by atoms with E-state index in [9.17, 15) is 48.1 Å². The van der Waals surface area contributed by atoms with Crippen molar-refractivity contribution in [3.05, 3.63) is 98.0 Å². The Balaban J connectivity index is 0.000000266. The standard InChI is InChI=1S/C23H21NO5.C9H11F2N3O4.C6H8O4.2H2N.Pt/c1-3-14-15-8-13(25)6-5-12(15)7-16-17(14)10-24-20(16)9-19-18(21(24)26)11-29-22(27)23(19,28)4-2;10-9(11)6(16)4(3-15)18-7(9)14-2-1-5(12)13-8(14)17;7-4(8)6(5(9)10)2-1-3-6;;;/h5-9,25,28H,3-4,10-11H2,1-2H3;1-2,4,6-7,15-16H,3H2,(H2,12,13,17);1-3H2,(H,7,8)(H,9,10);2*1H2;/q;;;2*-1;+2/t23-;4-,6?,7-;;;;/m01..../s1. The van der Waals surface area contributed by atoms with Crippen molar-refractivity contribution < 1.29 is 84.3 Å². The third kappa shape index (κ3) is 8.05. The van der Waals surface area contributed by atoms with Gasteiger partial charge in [0.25, 0.3) is 5.56 Å². The number of carboxylic acids is 2. The van der Waals surface area contributed by atoms with Crippen molar-refractivity contribution in [2.45, 2.75) is 89.1 Å². The molecule has 1 saturated carbocycles. The number of halogens is 2. The molecular formula is C38H44F2N6O13Pt. The zero-order valence-electron chi connectivity index (χ0n) is 32.1. The Hall–Kier alpha value is -5.15. The Morgan fingerprint density at radius 3 is 2.17 bits per heavy atom. The molecule has 1 unspecified atom stereocenters. The van der Waals surface area contributed by atoms with Gasteiger partial charge in [-0.15, -0.1) is 0 Å². The fraction of sp³-hybridized carbons (Fsp3) is 0.421. The van der Waals surface area contributed by atoms with Crippen molar-refractivity contribution in [2.75, 3.05) is 12.3 Å². The second-order valence-electron chi connectivity index (χ2n) is 14.2. The number of aromatic hydroxyl groups is 1. The molecule has 5 heterocycles. The summed E-state index contributed by atoms with van der Waals surface area (Å²) >= 11 is 0. The van der Waals surface area contributed by atoms with Gasteiger partial charge < -0.3 is 62.7 Å². The molecule has 328 valence electrons. The number of rotatable bonds is 6. The summed E-state index contributed by atoms with van der Waals surface area (Å²) in [6, 6.07) is 10.2. The summed E-state index contributed by atoms with van der Waals surface area (Å²) in [5, 5.41) is 57.9. The van der Waals surface area contributed by atoms with Gasteiger partial charge in [-0.3, -0.25) is 19.0 Å². The van der Waals surface area contributed by atoms with Crippen LogP contribution in [0.1, 0.15) is 68.0 Å². The SMILES string of the molecule is CCc1c2c(cc3ccc(O)cc13)-c1cc3c(c(=O)n1C2)COC(=O)[C@]3(O)CC.Nc1ccn([C@@H]2O[C@H](CO)C(O)C2(F)F)c(=O)n1.O=C(O)C1(C(=O)O)CCC1.[NH2-].[NH2-].[Pt+2]. The van der Waals surface area contributed by atoms with Crippen LogP contribution in [0.2, 0.25) is 0 Å². The van der Waals surface area contributed by atoms with E-state index in [2.05, 4.69) is 11.9 Å². The van der Waals surface area contributed by atoms with Crippen LogP contribution in [0, 0.1) is 5.41 Å². The summed E-state index contributed by atoms with van der Waals surface area (Å²) in [7, 11) is 0. The van der Waals surface area contributed by atoms with E-state index in [-0.39, 0.29) is 76.4 Å². The number of fused-ring (bicyclic) bond motifs is 5. The summed E-state index contributed by atoms with van der Waals surface area (Å²) < 4.78 is 39.5. The van der Waals surface area contributed by atoms with Gasteiger partial charge in [-0.2, -0.15) is 13.8 Å². The first kappa shape index (κ1) is 49.2. The van der Waals surface area contributed by atoms with E-state index < -0.39 is 65.6 Å². The Bertz CT molecular complexity index is 2410. The predicted octanol–water partition coefficient (Wildman–Crippen LogP) is 3.42. The number of aliphatic hydroxyl groups excluding tert-OH is 2. The number of nitrogen functional groups attached to an aromatic ring is 1. The maximum atomic E-state index is 13.7. The van der Waals surface area contributed by atoms with Crippen LogP contribution in [0.5, 0.6) is 5.75 Å². The number of nitrogens with zero attached hydrogens (tertiary/aromatic N) is 3. The number of nitrogens with two attached hydrogens (primary N) is 3. The van der Waals surface area contributed by atoms with Crippen LogP contribution in [-0.2, 0) is 70.1 Å². The minimum Gasteiger partial charge on any atom is -0.693 e. The molecule has 4 atom stereocenters. The maximum absolute atomic E-state index is 13.7. The van der Waals surface area contributed by atoms with Crippen LogP contribution >= 0.6 is 0 Å². The molecular weight excluding hydrogens is 982 g/mol. The molecule has 19 nitrogen and oxygen atoms in total. The number of aromatic nitrogens is 3. The molecule has 2 fully saturated rings. The molecule has 2 aromatic carbocycles. The van der Waals surface area contributed by atoms with E-state index in [4.69, 9.17) is 30.5 Å². The van der Waals surface area contributed by atoms with E-state index in [1.165, 1.54) is 0 Å². The number of anilines is 1. The largest absolute Gasteiger partial charge is 2.00 e. The van der Waals surface area contributed by atoms with Crippen LogP contribution in [0.25, 0.3) is 34.3 Å². The molecule has 0 radical (unpaired) electrons. The Kier molecular flexibility index (Phi) is 14.9. The van der Waals surface area contributed by atoms with Crippen molar-refractivity contribution >= 4 is 34.5 Å². The van der Waals surface area contributed by atoms with Crippen molar-refractivity contribution in [1.29, 1.82) is 0 Å². The van der Waals surface area contributed by atoms with E-state index in [1.807, 2.05) is 12.1 Å². The molecule has 0 amide bonds. The molecule has 1 aliphatic carbocycles. The first-order chi connectivity index (χ1) is 26.9. The predicted molar refractivity (Wildman–Crippen MR) is 205 cm³/mol. The minimum atomic E-state index is -3.71. The molecule has 4 aromatic rings. The number of carbonyl (C=O) groups is 3. The van der Waals surface area contributed by atoms with E-state index in [0.29, 0.717) is 34.4 Å². The number of aliphatic hydroxyl groups is 3. The average molecular weight is 1030 g/mol. The fourth-order valence-corrected chi connectivity index (χ4v) is 7.52. The summed E-state index contributed by atoms with van der Waals surface area (Å²) in [6.45, 7) is 3.26. The number of ether oxygens (including phenoxy) is 2. The molecule has 0 bridgehead atoms. The minimum absolute atomic E-state index is 0. The third-order valence-electron chi connectivity index (χ3n) is 11.0. The molecule has 8 rings (SSSR count). The Labute approximate surface area is 353 Å². The first-order valence-electron chi connectivity index (χ1n) is 17.9. The van der Waals surface area contributed by atoms with Gasteiger partial charge in [0.2, 0.25) is 6.23 Å². The van der Waals surface area contributed by atoms with Crippen molar-refractivity contribution in [3.63, 3.8) is 0 Å². The second kappa shape index (κ2) is 18.2.